The molecular weight excluding hydrogens is 380 g/mol. The van der Waals surface area contributed by atoms with Gasteiger partial charge in [0, 0.05) is 31.0 Å². The van der Waals surface area contributed by atoms with Gasteiger partial charge in [-0.1, -0.05) is 0 Å². The maximum Gasteiger partial charge on any atom is 0.339 e. The van der Waals surface area contributed by atoms with Crippen molar-refractivity contribution >= 4 is 27.4 Å². The van der Waals surface area contributed by atoms with Gasteiger partial charge in [-0.15, -0.1) is 0 Å². The number of sulfone groups is 1. The number of carbonyl (C=O) groups excluding carboxylic acids is 1. The molecule has 1 N–H and O–H groups in total. The summed E-state index contributed by atoms with van der Waals surface area (Å²) in [6, 6.07) is 4.18. The number of aryl methyl sites for hydroxylation is 1. The van der Waals surface area contributed by atoms with Crippen molar-refractivity contribution in [1.29, 1.82) is 0 Å². The Kier molecular flexibility index (Phi) is 5.36. The fraction of sp³-hybridized carbons (Fsp3) is 0.250. The van der Waals surface area contributed by atoms with Gasteiger partial charge in [-0.3, -0.25) is 14.9 Å². The monoisotopic (exact) mass is 396 g/mol. The van der Waals surface area contributed by atoms with Gasteiger partial charge < -0.3 is 14.4 Å². The molecule has 1 heterocycles. The first-order valence-corrected chi connectivity index (χ1v) is 9.37. The lowest BCUT2D eigenvalue weighted by atomic mass is 10.1. The molecule has 2 aromatic rings. The average Bonchev–Trinajstić information content (AvgIpc) is 2.93. The Balaban J connectivity index is 2.36. The van der Waals surface area contributed by atoms with E-state index in [0.717, 1.165) is 29.4 Å². The first-order valence-electron chi connectivity index (χ1n) is 7.47. The van der Waals surface area contributed by atoms with E-state index < -0.39 is 32.3 Å². The molecule has 0 aliphatic rings. The number of nitro benzene ring substituents is 1. The zero-order valence-electron chi connectivity index (χ0n) is 14.6. The molecule has 0 bridgehead atoms. The molecule has 144 valence electrons. The molecule has 0 radical (unpaired) electrons. The molecule has 11 heteroatoms. The Morgan fingerprint density at radius 1 is 1.26 bits per heavy atom. The van der Waals surface area contributed by atoms with E-state index in [0.29, 0.717) is 0 Å². The lowest BCUT2D eigenvalue weighted by Gasteiger charge is -2.16. The van der Waals surface area contributed by atoms with Gasteiger partial charge in [0.2, 0.25) is 0 Å². The second kappa shape index (κ2) is 7.19. The van der Waals surface area contributed by atoms with Gasteiger partial charge in [0.1, 0.15) is 17.1 Å². The average molecular weight is 396 g/mol. The molecular formula is C16H16N2O8S. The number of hydrogen-bond acceptors (Lipinski definition) is 7. The Hall–Kier alpha value is -3.21. The number of benzene rings is 1. The van der Waals surface area contributed by atoms with Gasteiger partial charge in [-0.2, -0.15) is 0 Å². The number of nitro groups is 1. The van der Waals surface area contributed by atoms with E-state index in [1.807, 2.05) is 0 Å². The van der Waals surface area contributed by atoms with E-state index in [-0.39, 0.29) is 34.1 Å². The highest BCUT2D eigenvalue weighted by Crippen LogP contribution is 2.23. The Morgan fingerprint density at radius 2 is 1.89 bits per heavy atom. The van der Waals surface area contributed by atoms with Crippen LogP contribution in [-0.2, 0) is 16.4 Å². The zero-order chi connectivity index (χ0) is 20.5. The van der Waals surface area contributed by atoms with Crippen molar-refractivity contribution in [2.45, 2.75) is 18.4 Å². The number of nitrogens with zero attached hydrogens (tertiary/aromatic N) is 2. The van der Waals surface area contributed by atoms with Crippen molar-refractivity contribution in [3.8, 4) is 0 Å². The third-order valence-corrected chi connectivity index (χ3v) is 4.81. The third kappa shape index (κ3) is 4.50. The molecule has 1 amide bonds. The fourth-order valence-corrected chi connectivity index (χ4v) is 3.06. The van der Waals surface area contributed by atoms with Crippen LogP contribution >= 0.6 is 0 Å². The second-order valence-corrected chi connectivity index (χ2v) is 7.91. The molecule has 0 aliphatic heterocycles. The fourth-order valence-electron chi connectivity index (χ4n) is 2.39. The highest BCUT2D eigenvalue weighted by molar-refractivity contribution is 7.90. The Bertz CT molecular complexity index is 1040. The topological polar surface area (TPSA) is 148 Å². The summed E-state index contributed by atoms with van der Waals surface area (Å²) in [6.07, 6.45) is 0.878. The Labute approximate surface area is 154 Å². The van der Waals surface area contributed by atoms with E-state index >= 15 is 0 Å². The van der Waals surface area contributed by atoms with Crippen molar-refractivity contribution in [1.82, 2.24) is 4.90 Å². The lowest BCUT2D eigenvalue weighted by molar-refractivity contribution is -0.385. The predicted octanol–water partition coefficient (Wildman–Crippen LogP) is 1.87. The summed E-state index contributed by atoms with van der Waals surface area (Å²) in [5, 5.41) is 20.1. The minimum atomic E-state index is -3.77. The van der Waals surface area contributed by atoms with Gasteiger partial charge in [-0.25, -0.2) is 13.2 Å². The first-order chi connectivity index (χ1) is 12.4. The Morgan fingerprint density at radius 3 is 2.37 bits per heavy atom. The number of aromatic carboxylic acids is 1. The molecule has 0 fully saturated rings. The van der Waals surface area contributed by atoms with Crippen LogP contribution in [0.25, 0.3) is 0 Å². The van der Waals surface area contributed by atoms with E-state index in [2.05, 4.69) is 0 Å². The van der Waals surface area contributed by atoms with E-state index in [1.165, 1.54) is 20.0 Å². The van der Waals surface area contributed by atoms with Crippen molar-refractivity contribution in [3.63, 3.8) is 0 Å². The quantitative estimate of drug-likeness (QED) is 0.574. The summed E-state index contributed by atoms with van der Waals surface area (Å²) >= 11 is 0. The predicted molar refractivity (Wildman–Crippen MR) is 92.4 cm³/mol. The normalized spacial score (nSPS) is 11.2. The van der Waals surface area contributed by atoms with Crippen LogP contribution in [0.5, 0.6) is 0 Å². The molecule has 0 aliphatic carbocycles. The van der Waals surface area contributed by atoms with Crippen LogP contribution in [0.4, 0.5) is 5.69 Å². The summed E-state index contributed by atoms with van der Waals surface area (Å²) < 4.78 is 28.8. The molecule has 1 aromatic heterocycles. The summed E-state index contributed by atoms with van der Waals surface area (Å²) in [7, 11) is -2.40. The standard InChI is InChI=1S/C16H16N2O8S/c1-9-14(16(20)21)7-12(26-9)8-17(2)15(19)10-4-11(18(22)23)6-13(5-10)27(3,24)25/h4-7H,8H2,1-3H3,(H,20,21). The van der Waals surface area contributed by atoms with Crippen LogP contribution in [0, 0.1) is 17.0 Å². The number of carboxylic acid groups (broad SMARTS) is 1. The molecule has 1 aromatic carbocycles. The summed E-state index contributed by atoms with van der Waals surface area (Å²) in [5.41, 5.74) is -0.758. The molecule has 0 saturated heterocycles. The van der Waals surface area contributed by atoms with Crippen LogP contribution < -0.4 is 0 Å². The summed E-state index contributed by atoms with van der Waals surface area (Å²) in [5.74, 6) is -1.48. The molecule has 0 atom stereocenters. The lowest BCUT2D eigenvalue weighted by Crippen LogP contribution is -2.26. The SMILES string of the molecule is Cc1oc(CN(C)C(=O)c2cc([N+](=O)[O-])cc(S(C)(=O)=O)c2)cc1C(=O)O. The minimum Gasteiger partial charge on any atom is -0.478 e. The van der Waals surface area contributed by atoms with E-state index in [4.69, 9.17) is 9.52 Å². The summed E-state index contributed by atoms with van der Waals surface area (Å²) in [6.45, 7) is 1.36. The largest absolute Gasteiger partial charge is 0.478 e. The van der Waals surface area contributed by atoms with E-state index in [1.54, 1.807) is 0 Å². The first kappa shape index (κ1) is 20.1. The highest BCUT2D eigenvalue weighted by atomic mass is 32.2. The van der Waals surface area contributed by atoms with Gasteiger partial charge >= 0.3 is 5.97 Å². The molecule has 10 nitrogen and oxygen atoms in total. The maximum atomic E-state index is 12.6. The van der Waals surface area contributed by atoms with Crippen LogP contribution in [0.2, 0.25) is 0 Å². The van der Waals surface area contributed by atoms with Crippen LogP contribution in [0.3, 0.4) is 0 Å². The van der Waals surface area contributed by atoms with Crippen molar-refractivity contribution in [2.75, 3.05) is 13.3 Å². The van der Waals surface area contributed by atoms with Crippen molar-refractivity contribution < 1.29 is 32.5 Å². The van der Waals surface area contributed by atoms with Crippen molar-refractivity contribution in [2.24, 2.45) is 0 Å². The third-order valence-electron chi connectivity index (χ3n) is 3.72. The molecule has 0 saturated carbocycles. The summed E-state index contributed by atoms with van der Waals surface area (Å²) in [4.78, 5) is 34.7. The van der Waals surface area contributed by atoms with Gasteiger partial charge in [-0.05, 0) is 19.1 Å². The number of carboxylic acids is 1. The number of carbonyl (C=O) groups is 2. The van der Waals surface area contributed by atoms with E-state index in [9.17, 15) is 28.1 Å². The van der Waals surface area contributed by atoms with Crippen LogP contribution in [-0.4, -0.2) is 48.5 Å². The van der Waals surface area contributed by atoms with Crippen molar-refractivity contribution in [3.05, 3.63) is 57.0 Å². The number of furan rings is 1. The number of amides is 1. The number of non-ortho nitro benzene ring substituents is 1. The molecule has 0 unspecified atom stereocenters. The van der Waals surface area contributed by atoms with Gasteiger partial charge in [0.15, 0.2) is 9.84 Å². The number of hydrogen-bond donors (Lipinski definition) is 1. The van der Waals surface area contributed by atoms with Gasteiger partial charge in [0.25, 0.3) is 11.6 Å². The smallest absolute Gasteiger partial charge is 0.339 e. The molecule has 2 rings (SSSR count). The number of rotatable bonds is 6. The highest BCUT2D eigenvalue weighted by Gasteiger charge is 2.22. The molecule has 27 heavy (non-hydrogen) atoms. The second-order valence-electron chi connectivity index (χ2n) is 5.89. The van der Waals surface area contributed by atoms with Crippen LogP contribution in [0.15, 0.2) is 33.6 Å². The van der Waals surface area contributed by atoms with Crippen LogP contribution in [0.1, 0.15) is 32.2 Å². The molecule has 0 spiro atoms. The minimum absolute atomic E-state index is 0.0411. The van der Waals surface area contributed by atoms with Gasteiger partial charge in [0.05, 0.1) is 16.4 Å². The zero-order valence-corrected chi connectivity index (χ0v) is 15.4. The maximum absolute atomic E-state index is 12.6.